The molecule has 3 rings (SSSR count). The first-order valence-corrected chi connectivity index (χ1v) is 12.1. The third-order valence-electron chi connectivity index (χ3n) is 6.41. The quantitative estimate of drug-likeness (QED) is 0.328. The van der Waals surface area contributed by atoms with E-state index < -0.39 is 5.12 Å². The van der Waals surface area contributed by atoms with Gasteiger partial charge in [0.1, 0.15) is 0 Å². The second kappa shape index (κ2) is 8.90. The SMILES string of the molecule is CC(C)c1cccc(C(C)C)c1N1C=CN(c2c(C(C)C)cccc2C(C)C)C1(C)Cl. The van der Waals surface area contributed by atoms with Gasteiger partial charge in [-0.15, -0.1) is 0 Å². The molecule has 0 spiro atoms. The highest BCUT2D eigenvalue weighted by Gasteiger charge is 2.42. The van der Waals surface area contributed by atoms with E-state index in [4.69, 9.17) is 11.6 Å². The lowest BCUT2D eigenvalue weighted by molar-refractivity contribution is 0.651. The Labute approximate surface area is 194 Å². The van der Waals surface area contributed by atoms with Crippen LogP contribution < -0.4 is 9.80 Å². The van der Waals surface area contributed by atoms with Crippen molar-refractivity contribution in [2.45, 2.75) is 91.1 Å². The second-order valence-corrected chi connectivity index (χ2v) is 10.8. The third-order valence-corrected chi connectivity index (χ3v) is 6.78. The lowest BCUT2D eigenvalue weighted by Gasteiger charge is -2.42. The maximum absolute atomic E-state index is 7.46. The molecule has 168 valence electrons. The Hall–Kier alpha value is -1.93. The number of halogens is 1. The van der Waals surface area contributed by atoms with Crippen LogP contribution in [0.1, 0.15) is 108 Å². The van der Waals surface area contributed by atoms with Gasteiger partial charge in [-0.2, -0.15) is 0 Å². The molecule has 0 saturated heterocycles. The van der Waals surface area contributed by atoms with E-state index in [1.54, 1.807) is 0 Å². The molecule has 3 heteroatoms. The molecule has 1 aliphatic heterocycles. The average Bonchev–Trinajstić information content (AvgIpc) is 3.00. The van der Waals surface area contributed by atoms with Crippen molar-refractivity contribution >= 4 is 23.0 Å². The summed E-state index contributed by atoms with van der Waals surface area (Å²) >= 11 is 7.46. The minimum absolute atomic E-state index is 0.415. The zero-order valence-corrected chi connectivity index (χ0v) is 21.5. The van der Waals surface area contributed by atoms with Crippen LogP contribution in [0.3, 0.4) is 0 Å². The van der Waals surface area contributed by atoms with Crippen LogP contribution in [0.15, 0.2) is 48.8 Å². The normalized spacial score (nSPS) is 15.9. The summed E-state index contributed by atoms with van der Waals surface area (Å²) in [7, 11) is 0. The van der Waals surface area contributed by atoms with Crippen LogP contribution in [0.2, 0.25) is 0 Å². The van der Waals surface area contributed by atoms with Gasteiger partial charge in [-0.05, 0) is 52.8 Å². The molecule has 0 bridgehead atoms. The molecule has 0 unspecified atom stereocenters. The van der Waals surface area contributed by atoms with E-state index in [0.29, 0.717) is 23.7 Å². The standard InChI is InChI=1S/C28H39ClN2/c1-18(2)22-12-10-13-23(19(3)4)26(22)30-16-17-31(28(30,9)29)27-24(20(5)6)14-11-15-25(27)21(7)8/h10-21H,1-9H3. The Kier molecular flexibility index (Phi) is 6.81. The number of anilines is 2. The molecule has 0 aromatic heterocycles. The van der Waals surface area contributed by atoms with Gasteiger partial charge >= 0.3 is 0 Å². The topological polar surface area (TPSA) is 6.48 Å². The molecule has 1 heterocycles. The molecule has 0 fully saturated rings. The van der Waals surface area contributed by atoms with Crippen LogP contribution in [-0.4, -0.2) is 5.12 Å². The molecule has 0 saturated carbocycles. The predicted octanol–water partition coefficient (Wildman–Crippen LogP) is 8.89. The van der Waals surface area contributed by atoms with Gasteiger partial charge in [-0.3, -0.25) is 0 Å². The first-order chi connectivity index (χ1) is 14.5. The van der Waals surface area contributed by atoms with Gasteiger partial charge < -0.3 is 9.80 Å². The van der Waals surface area contributed by atoms with Crippen LogP contribution in [-0.2, 0) is 0 Å². The summed E-state index contributed by atoms with van der Waals surface area (Å²) in [5, 5.41) is -0.733. The van der Waals surface area contributed by atoms with Gasteiger partial charge in [0.25, 0.3) is 0 Å². The summed E-state index contributed by atoms with van der Waals surface area (Å²) < 4.78 is 0. The molecule has 0 aliphatic carbocycles. The summed E-state index contributed by atoms with van der Waals surface area (Å²) in [6.45, 7) is 20.2. The van der Waals surface area contributed by atoms with E-state index in [0.717, 1.165) is 0 Å². The molecule has 0 N–H and O–H groups in total. The fourth-order valence-electron chi connectivity index (χ4n) is 4.66. The molecule has 0 atom stereocenters. The lowest BCUT2D eigenvalue weighted by Crippen LogP contribution is -2.47. The summed E-state index contributed by atoms with van der Waals surface area (Å²) in [5.74, 6) is 1.66. The summed E-state index contributed by atoms with van der Waals surface area (Å²) in [4.78, 5) is 4.56. The van der Waals surface area contributed by atoms with Crippen molar-refractivity contribution in [1.29, 1.82) is 0 Å². The Morgan fingerprint density at radius 1 is 0.581 bits per heavy atom. The third kappa shape index (κ3) is 4.24. The highest BCUT2D eigenvalue weighted by Crippen LogP contribution is 2.48. The molecule has 1 aliphatic rings. The second-order valence-electron chi connectivity index (χ2n) is 10.1. The van der Waals surface area contributed by atoms with E-state index in [2.05, 4.69) is 121 Å². The number of rotatable bonds is 6. The van der Waals surface area contributed by atoms with Crippen LogP contribution in [0.5, 0.6) is 0 Å². The van der Waals surface area contributed by atoms with E-state index in [1.807, 2.05) is 0 Å². The maximum atomic E-state index is 7.46. The lowest BCUT2D eigenvalue weighted by atomic mass is 9.91. The highest BCUT2D eigenvalue weighted by atomic mass is 35.5. The minimum Gasteiger partial charge on any atom is -0.310 e. The largest absolute Gasteiger partial charge is 0.310 e. The minimum atomic E-state index is -0.733. The van der Waals surface area contributed by atoms with Crippen molar-refractivity contribution in [3.63, 3.8) is 0 Å². The van der Waals surface area contributed by atoms with Gasteiger partial charge in [0.05, 0.1) is 11.4 Å². The number of para-hydroxylation sites is 2. The van der Waals surface area contributed by atoms with E-state index in [-0.39, 0.29) is 0 Å². The van der Waals surface area contributed by atoms with Crippen molar-refractivity contribution in [2.75, 3.05) is 9.80 Å². The van der Waals surface area contributed by atoms with Gasteiger partial charge in [0, 0.05) is 12.4 Å². The summed E-state index contributed by atoms with van der Waals surface area (Å²) in [6, 6.07) is 13.4. The molecular formula is C28H39ClN2. The van der Waals surface area contributed by atoms with Crippen molar-refractivity contribution in [3.05, 3.63) is 71.1 Å². The van der Waals surface area contributed by atoms with Gasteiger partial charge in [-0.25, -0.2) is 0 Å². The number of nitrogens with zero attached hydrogens (tertiary/aromatic N) is 2. The van der Waals surface area contributed by atoms with Crippen LogP contribution >= 0.6 is 11.6 Å². The van der Waals surface area contributed by atoms with Crippen molar-refractivity contribution in [3.8, 4) is 0 Å². The Morgan fingerprint density at radius 2 is 0.839 bits per heavy atom. The Bertz CT molecular complexity index is 825. The van der Waals surface area contributed by atoms with Crippen molar-refractivity contribution < 1.29 is 0 Å². The molecule has 2 aromatic rings. The van der Waals surface area contributed by atoms with Gasteiger partial charge in [0.2, 0.25) is 0 Å². The summed E-state index contributed by atoms with van der Waals surface area (Å²) in [5.41, 5.74) is 7.85. The van der Waals surface area contributed by atoms with Crippen LogP contribution in [0, 0.1) is 0 Å². The fraction of sp³-hybridized carbons (Fsp3) is 0.500. The number of benzene rings is 2. The maximum Gasteiger partial charge on any atom is 0.195 e. The van der Waals surface area contributed by atoms with E-state index in [1.165, 1.54) is 33.6 Å². The number of hydrogen-bond acceptors (Lipinski definition) is 2. The Morgan fingerprint density at radius 3 is 1.06 bits per heavy atom. The van der Waals surface area contributed by atoms with Crippen LogP contribution in [0.25, 0.3) is 0 Å². The molecule has 2 aromatic carbocycles. The molecule has 0 amide bonds. The smallest absolute Gasteiger partial charge is 0.195 e. The van der Waals surface area contributed by atoms with Crippen molar-refractivity contribution in [1.82, 2.24) is 0 Å². The zero-order chi connectivity index (χ0) is 23.1. The van der Waals surface area contributed by atoms with Gasteiger partial charge in [0.15, 0.2) is 5.12 Å². The van der Waals surface area contributed by atoms with E-state index in [9.17, 15) is 0 Å². The first-order valence-electron chi connectivity index (χ1n) is 11.7. The molecule has 0 radical (unpaired) electrons. The number of hydrogen-bond donors (Lipinski definition) is 0. The first kappa shape index (κ1) is 23.7. The van der Waals surface area contributed by atoms with Crippen LogP contribution in [0.4, 0.5) is 11.4 Å². The zero-order valence-electron chi connectivity index (χ0n) is 20.7. The molecule has 31 heavy (non-hydrogen) atoms. The van der Waals surface area contributed by atoms with Crippen molar-refractivity contribution in [2.24, 2.45) is 0 Å². The van der Waals surface area contributed by atoms with E-state index >= 15 is 0 Å². The Balaban J connectivity index is 2.20. The molecule has 2 nitrogen and oxygen atoms in total. The van der Waals surface area contributed by atoms with Gasteiger partial charge in [-0.1, -0.05) is 103 Å². The highest BCUT2D eigenvalue weighted by molar-refractivity contribution is 6.27. The monoisotopic (exact) mass is 438 g/mol. The predicted molar refractivity (Wildman–Crippen MR) is 138 cm³/mol. The average molecular weight is 439 g/mol. The number of alkyl halides is 1. The fourth-order valence-corrected chi connectivity index (χ4v) is 4.94. The molecular weight excluding hydrogens is 400 g/mol. The summed E-state index contributed by atoms with van der Waals surface area (Å²) in [6.07, 6.45) is 4.34.